The van der Waals surface area contributed by atoms with Gasteiger partial charge in [-0.2, -0.15) is 0 Å². The average Bonchev–Trinajstić information content (AvgIpc) is 2.04. The van der Waals surface area contributed by atoms with Crippen molar-refractivity contribution in [3.8, 4) is 0 Å². The van der Waals surface area contributed by atoms with Crippen molar-refractivity contribution in [1.29, 1.82) is 0 Å². The first kappa shape index (κ1) is 10.2. The summed E-state index contributed by atoms with van der Waals surface area (Å²) in [5, 5.41) is 0. The summed E-state index contributed by atoms with van der Waals surface area (Å²) in [6.45, 7) is 6.32. The van der Waals surface area contributed by atoms with E-state index < -0.39 is 0 Å². The molecule has 0 aromatic heterocycles. The van der Waals surface area contributed by atoms with Gasteiger partial charge in [-0.25, -0.2) is 0 Å². The molecule has 0 spiro atoms. The summed E-state index contributed by atoms with van der Waals surface area (Å²) < 4.78 is 4.88. The van der Waals surface area contributed by atoms with Gasteiger partial charge in [0.15, 0.2) is 0 Å². The van der Waals surface area contributed by atoms with Crippen LogP contribution in [0.1, 0.15) is 33.6 Å². The summed E-state index contributed by atoms with van der Waals surface area (Å²) in [4.78, 5) is 10.6. The molecule has 2 nitrogen and oxygen atoms in total. The largest absolute Gasteiger partial charge is 0.465 e. The molecule has 0 aliphatic carbocycles. The van der Waals surface area contributed by atoms with Crippen LogP contribution in [0.4, 0.5) is 0 Å². The number of esters is 1. The molecule has 0 fully saturated rings. The van der Waals surface area contributed by atoms with E-state index >= 15 is 0 Å². The maximum atomic E-state index is 10.6. The molecular weight excluding hydrogens is 140 g/mol. The fraction of sp³-hybridized carbons (Fsp3) is 0.667. The first-order chi connectivity index (χ1) is 5.20. The van der Waals surface area contributed by atoms with Crippen LogP contribution in [0.3, 0.4) is 0 Å². The maximum absolute atomic E-state index is 10.6. The lowest BCUT2D eigenvalue weighted by Crippen LogP contribution is -2.03. The summed E-state index contributed by atoms with van der Waals surface area (Å²) in [5.74, 6) is -0.117. The number of rotatable bonds is 4. The van der Waals surface area contributed by atoms with Gasteiger partial charge in [-0.1, -0.05) is 18.6 Å². The Kier molecular flexibility index (Phi) is 5.53. The third kappa shape index (κ3) is 5.64. The molecule has 0 bridgehead atoms. The fourth-order valence-corrected chi connectivity index (χ4v) is 0.572. The molecule has 0 aromatic carbocycles. The van der Waals surface area contributed by atoms with Crippen LogP contribution in [0.2, 0.25) is 0 Å². The van der Waals surface area contributed by atoms with Crippen molar-refractivity contribution in [2.45, 2.75) is 33.6 Å². The Morgan fingerprint density at radius 1 is 1.55 bits per heavy atom. The molecule has 0 aliphatic rings. The zero-order chi connectivity index (χ0) is 8.69. The first-order valence-electron chi connectivity index (χ1n) is 3.98. The standard InChI is InChI=1S/C9H16O2/c1-4-8(3)6-7-11-9(10)5-2/h4H,5-7H2,1-3H3. The van der Waals surface area contributed by atoms with E-state index in [1.807, 2.05) is 19.9 Å². The minimum atomic E-state index is -0.117. The highest BCUT2D eigenvalue weighted by Crippen LogP contribution is 1.99. The van der Waals surface area contributed by atoms with Crippen molar-refractivity contribution in [2.24, 2.45) is 0 Å². The van der Waals surface area contributed by atoms with Gasteiger partial charge in [0.25, 0.3) is 0 Å². The van der Waals surface area contributed by atoms with Crippen LogP contribution in [-0.2, 0) is 9.53 Å². The van der Waals surface area contributed by atoms with Gasteiger partial charge in [-0.3, -0.25) is 4.79 Å². The third-order valence-corrected chi connectivity index (χ3v) is 1.54. The second kappa shape index (κ2) is 5.96. The van der Waals surface area contributed by atoms with Crippen molar-refractivity contribution in [3.05, 3.63) is 11.6 Å². The molecule has 0 heterocycles. The summed E-state index contributed by atoms with van der Waals surface area (Å²) in [7, 11) is 0. The van der Waals surface area contributed by atoms with Crippen LogP contribution in [0, 0.1) is 0 Å². The van der Waals surface area contributed by atoms with Gasteiger partial charge in [0.1, 0.15) is 0 Å². The SMILES string of the molecule is CC=C(C)CCOC(=O)CC. The molecule has 0 atom stereocenters. The number of carbonyl (C=O) groups excluding carboxylic acids is 1. The Hall–Kier alpha value is -0.790. The Morgan fingerprint density at radius 2 is 2.18 bits per heavy atom. The number of hydrogen-bond donors (Lipinski definition) is 0. The van der Waals surface area contributed by atoms with Gasteiger partial charge in [0.2, 0.25) is 0 Å². The lowest BCUT2D eigenvalue weighted by Gasteiger charge is -2.02. The molecule has 0 N–H and O–H groups in total. The Bertz CT molecular complexity index is 148. The highest BCUT2D eigenvalue weighted by Gasteiger charge is 1.96. The van der Waals surface area contributed by atoms with E-state index in [0.29, 0.717) is 13.0 Å². The van der Waals surface area contributed by atoms with E-state index in [2.05, 4.69) is 0 Å². The van der Waals surface area contributed by atoms with E-state index in [0.717, 1.165) is 6.42 Å². The molecule has 0 saturated heterocycles. The Balaban J connectivity index is 3.35. The summed E-state index contributed by atoms with van der Waals surface area (Å²) in [6.07, 6.45) is 3.34. The molecule has 0 saturated carbocycles. The molecule has 0 aromatic rings. The molecule has 64 valence electrons. The quantitative estimate of drug-likeness (QED) is 0.461. The second-order valence-corrected chi connectivity index (χ2v) is 2.46. The average molecular weight is 156 g/mol. The lowest BCUT2D eigenvalue weighted by molar-refractivity contribution is -0.143. The predicted octanol–water partition coefficient (Wildman–Crippen LogP) is 2.30. The molecule has 0 amide bonds. The van der Waals surface area contributed by atoms with Crippen LogP contribution < -0.4 is 0 Å². The zero-order valence-corrected chi connectivity index (χ0v) is 7.52. The number of allylic oxidation sites excluding steroid dienone is 1. The van der Waals surface area contributed by atoms with E-state index in [-0.39, 0.29) is 5.97 Å². The van der Waals surface area contributed by atoms with Gasteiger partial charge in [0.05, 0.1) is 6.61 Å². The molecular formula is C9H16O2. The summed E-state index contributed by atoms with van der Waals surface area (Å²) in [6, 6.07) is 0. The van der Waals surface area contributed by atoms with Gasteiger partial charge < -0.3 is 4.74 Å². The second-order valence-electron chi connectivity index (χ2n) is 2.46. The van der Waals surface area contributed by atoms with Crippen molar-refractivity contribution in [1.82, 2.24) is 0 Å². The minimum Gasteiger partial charge on any atom is -0.465 e. The first-order valence-corrected chi connectivity index (χ1v) is 3.98. The smallest absolute Gasteiger partial charge is 0.305 e. The van der Waals surface area contributed by atoms with Gasteiger partial charge in [0, 0.05) is 12.8 Å². The highest BCUT2D eigenvalue weighted by molar-refractivity contribution is 5.68. The molecule has 0 aliphatic heterocycles. The van der Waals surface area contributed by atoms with Gasteiger partial charge in [-0.15, -0.1) is 0 Å². The lowest BCUT2D eigenvalue weighted by atomic mass is 10.2. The molecule has 0 rings (SSSR count). The predicted molar refractivity (Wildman–Crippen MR) is 45.3 cm³/mol. The van der Waals surface area contributed by atoms with E-state index in [1.54, 1.807) is 6.92 Å². The topological polar surface area (TPSA) is 26.3 Å². The Morgan fingerprint density at radius 3 is 2.64 bits per heavy atom. The zero-order valence-electron chi connectivity index (χ0n) is 7.52. The number of carbonyl (C=O) groups is 1. The van der Waals surface area contributed by atoms with Crippen molar-refractivity contribution in [2.75, 3.05) is 6.61 Å². The van der Waals surface area contributed by atoms with E-state index in [4.69, 9.17) is 4.74 Å². The highest BCUT2D eigenvalue weighted by atomic mass is 16.5. The summed E-state index contributed by atoms with van der Waals surface area (Å²) >= 11 is 0. The number of ether oxygens (including phenoxy) is 1. The molecule has 11 heavy (non-hydrogen) atoms. The molecule has 0 unspecified atom stereocenters. The monoisotopic (exact) mass is 156 g/mol. The van der Waals surface area contributed by atoms with Crippen LogP contribution in [0.5, 0.6) is 0 Å². The van der Waals surface area contributed by atoms with Crippen molar-refractivity contribution in [3.63, 3.8) is 0 Å². The van der Waals surface area contributed by atoms with Gasteiger partial charge >= 0.3 is 5.97 Å². The maximum Gasteiger partial charge on any atom is 0.305 e. The molecule has 0 radical (unpaired) electrons. The van der Waals surface area contributed by atoms with Crippen LogP contribution >= 0.6 is 0 Å². The number of hydrogen-bond acceptors (Lipinski definition) is 2. The van der Waals surface area contributed by atoms with Crippen LogP contribution in [0.15, 0.2) is 11.6 Å². The van der Waals surface area contributed by atoms with Gasteiger partial charge in [-0.05, 0) is 13.8 Å². The molecule has 2 heteroatoms. The summed E-state index contributed by atoms with van der Waals surface area (Å²) in [5.41, 5.74) is 1.26. The minimum absolute atomic E-state index is 0.117. The van der Waals surface area contributed by atoms with E-state index in [1.165, 1.54) is 5.57 Å². The van der Waals surface area contributed by atoms with Crippen molar-refractivity contribution < 1.29 is 9.53 Å². The Labute approximate surface area is 68.2 Å². The van der Waals surface area contributed by atoms with Crippen LogP contribution in [-0.4, -0.2) is 12.6 Å². The fourth-order valence-electron chi connectivity index (χ4n) is 0.572. The van der Waals surface area contributed by atoms with Crippen LogP contribution in [0.25, 0.3) is 0 Å². The van der Waals surface area contributed by atoms with E-state index in [9.17, 15) is 4.79 Å². The normalized spacial score (nSPS) is 11.4. The van der Waals surface area contributed by atoms with Crippen molar-refractivity contribution >= 4 is 5.97 Å². The third-order valence-electron chi connectivity index (χ3n) is 1.54.